The van der Waals surface area contributed by atoms with Gasteiger partial charge in [-0.25, -0.2) is 4.57 Å². The predicted octanol–water partition coefficient (Wildman–Crippen LogP) is 4.29. The van der Waals surface area contributed by atoms with E-state index in [0.29, 0.717) is 11.4 Å². The Morgan fingerprint density at radius 1 is 0.765 bits per heavy atom. The van der Waals surface area contributed by atoms with Crippen molar-refractivity contribution in [3.63, 3.8) is 0 Å². The van der Waals surface area contributed by atoms with Gasteiger partial charge in [-0.3, -0.25) is 10.2 Å². The fraction of sp³-hybridized carbons (Fsp3) is 0. The zero-order chi connectivity index (χ0) is 12.1. The van der Waals surface area contributed by atoms with Crippen molar-refractivity contribution in [2.45, 2.75) is 0 Å². The highest BCUT2D eigenvalue weighted by Crippen LogP contribution is 2.46. The number of para-hydroxylation sites is 2. The minimum atomic E-state index is -4.14. The van der Waals surface area contributed by atoms with Crippen LogP contribution in [0, 0.1) is 0 Å². The molecule has 0 saturated carbocycles. The van der Waals surface area contributed by atoms with Crippen LogP contribution in [0.15, 0.2) is 60.7 Å². The lowest BCUT2D eigenvalue weighted by Crippen LogP contribution is -2.01. The van der Waals surface area contributed by atoms with E-state index in [1.807, 2.05) is 0 Å². The lowest BCUT2D eigenvalue weighted by atomic mass is 10.3. The van der Waals surface area contributed by atoms with Gasteiger partial charge in [-0.1, -0.05) is 36.4 Å². The van der Waals surface area contributed by atoms with Crippen molar-refractivity contribution >= 4 is 19.1 Å². The fourth-order valence-corrected chi connectivity index (χ4v) is 2.40. The molecule has 0 fully saturated rings. The average Bonchev–Trinajstić information content (AvgIpc) is 2.30. The molecule has 2 N–H and O–H groups in total. The third-order valence-corrected chi connectivity index (χ3v) is 3.18. The number of hydrogen-bond acceptors (Lipinski definition) is 1. The minimum absolute atomic E-state index is 0.474. The van der Waals surface area contributed by atoms with Gasteiger partial charge in [-0.05, 0) is 24.3 Å². The summed E-state index contributed by atoms with van der Waals surface area (Å²) in [6, 6.07) is 17.2. The highest BCUT2D eigenvalue weighted by atomic mass is 31.2. The van der Waals surface area contributed by atoms with Crippen LogP contribution < -0.4 is 10.2 Å². The molecule has 2 aromatic rings. The number of rotatable bonds is 4. The van der Waals surface area contributed by atoms with Crippen LogP contribution in [-0.2, 0) is 4.57 Å². The Hall–Kier alpha value is -1.80. The maximum absolute atomic E-state index is 13.8. The zero-order valence-corrected chi connectivity index (χ0v) is 9.90. The summed E-state index contributed by atoms with van der Waals surface area (Å²) in [4.78, 5) is 0. The Balaban J connectivity index is 2.07. The first-order valence-electron chi connectivity index (χ1n) is 5.12. The molecule has 3 nitrogen and oxygen atoms in total. The van der Waals surface area contributed by atoms with Crippen LogP contribution >= 0.6 is 7.75 Å². The third-order valence-electron chi connectivity index (χ3n) is 2.09. The summed E-state index contributed by atoms with van der Waals surface area (Å²) in [5.74, 6) is 0. The summed E-state index contributed by atoms with van der Waals surface area (Å²) in [6.07, 6.45) is 0. The molecule has 0 spiro atoms. The van der Waals surface area contributed by atoms with Crippen molar-refractivity contribution in [1.29, 1.82) is 0 Å². The summed E-state index contributed by atoms with van der Waals surface area (Å²) in [5.41, 5.74) is 0.948. The molecule has 17 heavy (non-hydrogen) atoms. The van der Waals surface area contributed by atoms with E-state index >= 15 is 0 Å². The van der Waals surface area contributed by atoms with Crippen LogP contribution in [-0.4, -0.2) is 0 Å². The second-order valence-corrected chi connectivity index (χ2v) is 5.00. The van der Waals surface area contributed by atoms with Crippen LogP contribution in [0.25, 0.3) is 0 Å². The summed E-state index contributed by atoms with van der Waals surface area (Å²) in [5, 5.41) is 4.69. The second kappa shape index (κ2) is 5.02. The molecule has 5 heteroatoms. The Kier molecular flexibility index (Phi) is 3.45. The fourth-order valence-electron chi connectivity index (χ4n) is 1.39. The highest BCUT2D eigenvalue weighted by molar-refractivity contribution is 7.61. The van der Waals surface area contributed by atoms with Crippen LogP contribution in [0.4, 0.5) is 15.6 Å². The predicted molar refractivity (Wildman–Crippen MR) is 68.8 cm³/mol. The van der Waals surface area contributed by atoms with E-state index in [2.05, 4.69) is 10.2 Å². The van der Waals surface area contributed by atoms with Crippen LogP contribution in [0.5, 0.6) is 0 Å². The van der Waals surface area contributed by atoms with Crippen molar-refractivity contribution in [2.75, 3.05) is 10.2 Å². The van der Waals surface area contributed by atoms with Gasteiger partial charge in [0, 0.05) is 11.4 Å². The van der Waals surface area contributed by atoms with Crippen molar-refractivity contribution in [3.8, 4) is 0 Å². The molecular formula is C12H12FN2OP. The van der Waals surface area contributed by atoms with Crippen molar-refractivity contribution < 1.29 is 8.76 Å². The van der Waals surface area contributed by atoms with E-state index in [1.54, 1.807) is 60.7 Å². The maximum atomic E-state index is 13.8. The van der Waals surface area contributed by atoms with Crippen LogP contribution in [0.2, 0.25) is 0 Å². The van der Waals surface area contributed by atoms with Crippen molar-refractivity contribution in [1.82, 2.24) is 0 Å². The van der Waals surface area contributed by atoms with Gasteiger partial charge in [0.25, 0.3) is 0 Å². The number of nitrogens with one attached hydrogen (secondary N) is 2. The molecule has 0 atom stereocenters. The molecule has 0 aliphatic rings. The van der Waals surface area contributed by atoms with E-state index < -0.39 is 7.75 Å². The molecule has 0 aromatic heterocycles. The Morgan fingerprint density at radius 3 is 1.47 bits per heavy atom. The molecular weight excluding hydrogens is 238 g/mol. The Bertz CT molecular complexity index is 473. The largest absolute Gasteiger partial charge is 0.428 e. The smallest absolute Gasteiger partial charge is 0.295 e. The monoisotopic (exact) mass is 250 g/mol. The molecule has 88 valence electrons. The molecule has 0 unspecified atom stereocenters. The summed E-state index contributed by atoms with van der Waals surface area (Å²) < 4.78 is 25.5. The van der Waals surface area contributed by atoms with Gasteiger partial charge < -0.3 is 0 Å². The van der Waals surface area contributed by atoms with Crippen molar-refractivity contribution in [3.05, 3.63) is 60.7 Å². The Labute approximate surface area is 99.3 Å². The van der Waals surface area contributed by atoms with E-state index in [1.165, 1.54) is 0 Å². The molecule has 0 bridgehead atoms. The normalized spacial score (nSPS) is 10.9. The quantitative estimate of drug-likeness (QED) is 0.795. The van der Waals surface area contributed by atoms with Gasteiger partial charge in [0.1, 0.15) is 0 Å². The molecule has 2 aromatic carbocycles. The van der Waals surface area contributed by atoms with Crippen LogP contribution in [0.1, 0.15) is 0 Å². The summed E-state index contributed by atoms with van der Waals surface area (Å²) in [7, 11) is -4.14. The molecule has 0 saturated heterocycles. The number of halogens is 1. The van der Waals surface area contributed by atoms with E-state index in [9.17, 15) is 8.76 Å². The van der Waals surface area contributed by atoms with Gasteiger partial charge in [-0.2, -0.15) is 0 Å². The highest BCUT2D eigenvalue weighted by Gasteiger charge is 2.20. The molecule has 0 aliphatic carbocycles. The van der Waals surface area contributed by atoms with E-state index in [-0.39, 0.29) is 0 Å². The first kappa shape index (κ1) is 11.7. The average molecular weight is 250 g/mol. The lowest BCUT2D eigenvalue weighted by molar-refractivity contribution is 0.550. The summed E-state index contributed by atoms with van der Waals surface area (Å²) >= 11 is 0. The molecule has 0 amide bonds. The van der Waals surface area contributed by atoms with Crippen molar-refractivity contribution in [2.24, 2.45) is 0 Å². The number of anilines is 2. The van der Waals surface area contributed by atoms with Gasteiger partial charge in [-0.15, -0.1) is 4.20 Å². The van der Waals surface area contributed by atoms with Gasteiger partial charge in [0.15, 0.2) is 0 Å². The molecule has 0 radical (unpaired) electrons. The minimum Gasteiger partial charge on any atom is -0.295 e. The van der Waals surface area contributed by atoms with Gasteiger partial charge in [0.05, 0.1) is 0 Å². The first-order valence-corrected chi connectivity index (χ1v) is 6.72. The van der Waals surface area contributed by atoms with E-state index in [4.69, 9.17) is 0 Å². The second-order valence-electron chi connectivity index (χ2n) is 3.49. The number of benzene rings is 2. The van der Waals surface area contributed by atoms with Crippen LogP contribution in [0.3, 0.4) is 0 Å². The summed E-state index contributed by atoms with van der Waals surface area (Å²) in [6.45, 7) is 0. The molecule has 0 heterocycles. The van der Waals surface area contributed by atoms with Gasteiger partial charge in [0.2, 0.25) is 0 Å². The third kappa shape index (κ3) is 3.61. The number of hydrogen-bond donors (Lipinski definition) is 2. The molecule has 2 rings (SSSR count). The molecule has 0 aliphatic heterocycles. The topological polar surface area (TPSA) is 41.1 Å². The zero-order valence-electron chi connectivity index (χ0n) is 9.01. The maximum Gasteiger partial charge on any atom is 0.428 e. The Morgan fingerprint density at radius 2 is 1.12 bits per heavy atom. The van der Waals surface area contributed by atoms with E-state index in [0.717, 1.165) is 0 Å². The first-order chi connectivity index (χ1) is 8.16. The lowest BCUT2D eigenvalue weighted by Gasteiger charge is -2.14. The van der Waals surface area contributed by atoms with Gasteiger partial charge >= 0.3 is 7.75 Å². The standard InChI is InChI=1S/C12H12FN2OP/c13-17(16,14-11-7-3-1-4-8-11)15-12-9-5-2-6-10-12/h1-10H,(H2,14,15,16). The SMILES string of the molecule is O=P(F)(Nc1ccccc1)Nc1ccccc1.